The van der Waals surface area contributed by atoms with E-state index in [1.807, 2.05) is 43.9 Å². The lowest BCUT2D eigenvalue weighted by molar-refractivity contribution is -0.127. The number of fused-ring (bicyclic) bond motifs is 1. The summed E-state index contributed by atoms with van der Waals surface area (Å²) in [7, 11) is 0. The van der Waals surface area contributed by atoms with E-state index in [0.29, 0.717) is 18.8 Å². The highest BCUT2D eigenvalue weighted by molar-refractivity contribution is 6.34. The summed E-state index contributed by atoms with van der Waals surface area (Å²) >= 11 is 6.39. The predicted octanol–water partition coefficient (Wildman–Crippen LogP) is 6.38. The molecule has 0 atom stereocenters. The fourth-order valence-electron chi connectivity index (χ4n) is 3.71. The number of nitrogens with zero attached hydrogens (tertiary/aromatic N) is 1. The molecule has 1 aliphatic rings. The van der Waals surface area contributed by atoms with Crippen LogP contribution in [0.25, 0.3) is 0 Å². The molecule has 3 rings (SSSR count). The maximum absolute atomic E-state index is 13.3. The van der Waals surface area contributed by atoms with E-state index in [1.54, 1.807) is 6.07 Å². The van der Waals surface area contributed by atoms with Crippen LogP contribution in [-0.2, 0) is 24.2 Å². The highest BCUT2D eigenvalue weighted by Crippen LogP contribution is 2.37. The van der Waals surface area contributed by atoms with Crippen LogP contribution >= 0.6 is 11.6 Å². The van der Waals surface area contributed by atoms with E-state index in [9.17, 15) is 18.0 Å². The maximum atomic E-state index is 13.3. The Morgan fingerprint density at radius 2 is 1.80 bits per heavy atom. The average Bonchev–Trinajstić information content (AvgIpc) is 2.61. The van der Waals surface area contributed by atoms with E-state index < -0.39 is 12.6 Å². The first-order chi connectivity index (χ1) is 13.9. The van der Waals surface area contributed by atoms with Gasteiger partial charge in [-0.25, -0.2) is 0 Å². The summed E-state index contributed by atoms with van der Waals surface area (Å²) in [6, 6.07) is 11.2. The first-order valence-corrected chi connectivity index (χ1v) is 10.3. The van der Waals surface area contributed by atoms with Crippen molar-refractivity contribution in [3.63, 3.8) is 0 Å². The van der Waals surface area contributed by atoms with Crippen molar-refractivity contribution in [3.8, 4) is 0 Å². The van der Waals surface area contributed by atoms with Gasteiger partial charge in [0.1, 0.15) is 0 Å². The van der Waals surface area contributed by atoms with Gasteiger partial charge in [-0.05, 0) is 40.7 Å². The second-order valence-corrected chi connectivity index (χ2v) is 9.39. The number of hydrogen-bond acceptors (Lipinski definition) is 2. The van der Waals surface area contributed by atoms with Gasteiger partial charge in [-0.2, -0.15) is 13.2 Å². The summed E-state index contributed by atoms with van der Waals surface area (Å²) in [6.07, 6.45) is -4.58. The first-order valence-electron chi connectivity index (χ1n) is 9.92. The largest absolute Gasteiger partial charge is 0.393 e. The Hall–Kier alpha value is -2.21. The standard InChI is InChI=1S/C23H26ClF3N2O/c1-22(2,3)13-20(30)28-21-17(12-23(25,26)27)10-18(11-19(21)24)29-9-8-15-6-4-5-7-16(15)14-29/h4-7,10-11H,8-9,12-14H2,1-3H3,(H,28,30). The Balaban J connectivity index is 1.92. The van der Waals surface area contributed by atoms with E-state index in [1.165, 1.54) is 11.6 Å². The van der Waals surface area contributed by atoms with Gasteiger partial charge in [0.2, 0.25) is 5.91 Å². The number of amides is 1. The zero-order chi connectivity index (χ0) is 22.1. The highest BCUT2D eigenvalue weighted by atomic mass is 35.5. The molecule has 0 unspecified atom stereocenters. The van der Waals surface area contributed by atoms with E-state index in [4.69, 9.17) is 11.6 Å². The average molecular weight is 439 g/mol. The van der Waals surface area contributed by atoms with Crippen LogP contribution in [-0.4, -0.2) is 18.6 Å². The van der Waals surface area contributed by atoms with Crippen LogP contribution in [0.2, 0.25) is 5.02 Å². The van der Waals surface area contributed by atoms with Gasteiger partial charge in [-0.15, -0.1) is 0 Å². The number of carbonyl (C=O) groups is 1. The van der Waals surface area contributed by atoms with Gasteiger partial charge in [0, 0.05) is 25.2 Å². The van der Waals surface area contributed by atoms with Gasteiger partial charge in [0.25, 0.3) is 0 Å². The van der Waals surface area contributed by atoms with Crippen molar-refractivity contribution in [2.24, 2.45) is 5.41 Å². The fraction of sp³-hybridized carbons (Fsp3) is 0.435. The van der Waals surface area contributed by atoms with Crippen LogP contribution in [0.15, 0.2) is 36.4 Å². The SMILES string of the molecule is CC(C)(C)CC(=O)Nc1c(Cl)cc(N2CCc3ccccc3C2)cc1CC(F)(F)F. The Labute approximate surface area is 180 Å². The molecule has 0 saturated heterocycles. The van der Waals surface area contributed by atoms with Gasteiger partial charge in [-0.1, -0.05) is 56.6 Å². The summed E-state index contributed by atoms with van der Waals surface area (Å²) in [4.78, 5) is 14.4. The molecule has 2 aromatic carbocycles. The molecule has 1 aliphatic heterocycles. The van der Waals surface area contributed by atoms with Crippen LogP contribution in [0.1, 0.15) is 43.9 Å². The minimum Gasteiger partial charge on any atom is -0.367 e. The maximum Gasteiger partial charge on any atom is 0.393 e. The lowest BCUT2D eigenvalue weighted by Gasteiger charge is -2.32. The molecule has 0 radical (unpaired) electrons. The molecule has 1 amide bonds. The van der Waals surface area contributed by atoms with Gasteiger partial charge in [-0.3, -0.25) is 4.79 Å². The third kappa shape index (κ3) is 5.91. The van der Waals surface area contributed by atoms with Crippen molar-refractivity contribution in [1.29, 1.82) is 0 Å². The molecular formula is C23H26ClF3N2O. The Morgan fingerprint density at radius 1 is 1.13 bits per heavy atom. The number of benzene rings is 2. The third-order valence-electron chi connectivity index (χ3n) is 5.00. The molecule has 2 aromatic rings. The summed E-state index contributed by atoms with van der Waals surface area (Å²) < 4.78 is 39.8. The minimum absolute atomic E-state index is 0.0221. The van der Waals surface area contributed by atoms with Crippen molar-refractivity contribution in [2.75, 3.05) is 16.8 Å². The predicted molar refractivity (Wildman–Crippen MR) is 115 cm³/mol. The smallest absolute Gasteiger partial charge is 0.367 e. The second kappa shape index (κ2) is 8.50. The zero-order valence-corrected chi connectivity index (χ0v) is 18.1. The Kier molecular flexibility index (Phi) is 6.37. The Bertz CT molecular complexity index is 935. The van der Waals surface area contributed by atoms with Crippen LogP contribution in [0.5, 0.6) is 0 Å². The quantitative estimate of drug-likeness (QED) is 0.600. The fourth-order valence-corrected chi connectivity index (χ4v) is 3.99. The van der Waals surface area contributed by atoms with Crippen molar-refractivity contribution < 1.29 is 18.0 Å². The van der Waals surface area contributed by atoms with Crippen molar-refractivity contribution in [2.45, 2.75) is 52.8 Å². The summed E-state index contributed by atoms with van der Waals surface area (Å²) in [5.74, 6) is -0.354. The molecule has 1 N–H and O–H groups in total. The lowest BCUT2D eigenvalue weighted by atomic mass is 9.92. The monoisotopic (exact) mass is 438 g/mol. The Morgan fingerprint density at radius 3 is 2.43 bits per heavy atom. The van der Waals surface area contributed by atoms with Crippen LogP contribution in [0.3, 0.4) is 0 Å². The molecule has 0 bridgehead atoms. The van der Waals surface area contributed by atoms with E-state index in [0.717, 1.165) is 12.0 Å². The summed E-state index contributed by atoms with van der Waals surface area (Å²) in [5, 5.41) is 2.73. The molecule has 0 fully saturated rings. The van der Waals surface area contributed by atoms with E-state index in [2.05, 4.69) is 11.4 Å². The topological polar surface area (TPSA) is 32.3 Å². The molecule has 0 spiro atoms. The van der Waals surface area contributed by atoms with Gasteiger partial charge in [0.15, 0.2) is 0 Å². The van der Waals surface area contributed by atoms with Crippen molar-refractivity contribution in [3.05, 3.63) is 58.1 Å². The van der Waals surface area contributed by atoms with E-state index >= 15 is 0 Å². The zero-order valence-electron chi connectivity index (χ0n) is 17.4. The third-order valence-corrected chi connectivity index (χ3v) is 5.30. The molecule has 162 valence electrons. The summed E-state index contributed by atoms with van der Waals surface area (Å²) in [6.45, 7) is 6.97. The lowest BCUT2D eigenvalue weighted by Crippen LogP contribution is -2.30. The van der Waals surface area contributed by atoms with Crippen LogP contribution in [0, 0.1) is 5.41 Å². The second-order valence-electron chi connectivity index (χ2n) is 8.98. The molecule has 0 aromatic heterocycles. The minimum atomic E-state index is -4.42. The first kappa shape index (κ1) is 22.5. The van der Waals surface area contributed by atoms with Crippen molar-refractivity contribution in [1.82, 2.24) is 0 Å². The number of hydrogen-bond donors (Lipinski definition) is 1. The van der Waals surface area contributed by atoms with Crippen molar-refractivity contribution >= 4 is 28.9 Å². The molecule has 0 aliphatic carbocycles. The molecule has 30 heavy (non-hydrogen) atoms. The normalized spacial score (nSPS) is 14.4. The molecule has 7 heteroatoms. The van der Waals surface area contributed by atoms with E-state index in [-0.39, 0.29) is 34.0 Å². The van der Waals surface area contributed by atoms with Gasteiger partial charge < -0.3 is 10.2 Å². The van der Waals surface area contributed by atoms with Gasteiger partial charge >= 0.3 is 6.18 Å². The number of anilines is 2. The van der Waals surface area contributed by atoms with Crippen LogP contribution < -0.4 is 10.2 Å². The number of alkyl halides is 3. The molecule has 1 heterocycles. The van der Waals surface area contributed by atoms with Gasteiger partial charge in [0.05, 0.1) is 17.1 Å². The number of rotatable bonds is 4. The van der Waals surface area contributed by atoms with Crippen LogP contribution in [0.4, 0.5) is 24.5 Å². The number of nitrogens with one attached hydrogen (secondary N) is 1. The molecule has 3 nitrogen and oxygen atoms in total. The highest BCUT2D eigenvalue weighted by Gasteiger charge is 2.31. The number of carbonyl (C=O) groups excluding carboxylic acids is 1. The molecular weight excluding hydrogens is 413 g/mol. The summed E-state index contributed by atoms with van der Waals surface area (Å²) in [5.41, 5.74) is 2.77. The molecule has 0 saturated carbocycles. The number of halogens is 4.